The Labute approximate surface area is 193 Å². The van der Waals surface area contributed by atoms with E-state index in [1.165, 1.54) is 19.0 Å². The van der Waals surface area contributed by atoms with Gasteiger partial charge in [-0.15, -0.1) is 0 Å². The number of halogens is 1. The van der Waals surface area contributed by atoms with Gasteiger partial charge < -0.3 is 19.5 Å². The number of carbonyl (C=O) groups excluding carboxylic acids is 1. The molecule has 0 bridgehead atoms. The average molecular weight is 454 g/mol. The number of aryl methyl sites for hydroxylation is 1. The molecule has 1 aliphatic heterocycles. The quantitative estimate of drug-likeness (QED) is 0.598. The number of carbonyl (C=O) groups is 1. The summed E-state index contributed by atoms with van der Waals surface area (Å²) in [4.78, 5) is 23.8. The van der Waals surface area contributed by atoms with E-state index in [4.69, 9.17) is 16.3 Å². The van der Waals surface area contributed by atoms with Gasteiger partial charge >= 0.3 is 0 Å². The third kappa shape index (κ3) is 5.11. The zero-order valence-corrected chi connectivity index (χ0v) is 19.4. The largest absolute Gasteiger partial charge is 0.477 e. The summed E-state index contributed by atoms with van der Waals surface area (Å²) in [6.45, 7) is 4.81. The van der Waals surface area contributed by atoms with Crippen molar-refractivity contribution in [2.24, 2.45) is 13.0 Å². The monoisotopic (exact) mass is 453 g/mol. The first-order valence-electron chi connectivity index (χ1n) is 10.8. The number of piperidine rings is 1. The highest BCUT2D eigenvalue weighted by atomic mass is 35.5. The van der Waals surface area contributed by atoms with Crippen LogP contribution in [0.3, 0.4) is 0 Å². The summed E-state index contributed by atoms with van der Waals surface area (Å²) < 4.78 is 7.80. The molecule has 3 aromatic rings. The van der Waals surface area contributed by atoms with E-state index < -0.39 is 0 Å². The highest BCUT2D eigenvalue weighted by molar-refractivity contribution is 6.33. The van der Waals surface area contributed by atoms with Crippen LogP contribution in [-0.4, -0.2) is 52.1 Å². The van der Waals surface area contributed by atoms with Gasteiger partial charge in [0.1, 0.15) is 5.82 Å². The molecule has 0 unspecified atom stereocenters. The molecule has 0 radical (unpaired) electrons. The molecular formula is C24H28ClN5O2. The van der Waals surface area contributed by atoms with E-state index >= 15 is 0 Å². The lowest BCUT2D eigenvalue weighted by Crippen LogP contribution is -2.34. The van der Waals surface area contributed by atoms with Gasteiger partial charge in [0, 0.05) is 54.9 Å². The molecule has 1 aliphatic rings. The number of amides is 1. The van der Waals surface area contributed by atoms with Crippen LogP contribution in [-0.2, 0) is 7.05 Å². The lowest BCUT2D eigenvalue weighted by molar-refractivity contribution is 0.102. The van der Waals surface area contributed by atoms with Crippen LogP contribution in [0.15, 0.2) is 42.7 Å². The van der Waals surface area contributed by atoms with Crippen LogP contribution in [0.4, 0.5) is 5.69 Å². The molecule has 32 heavy (non-hydrogen) atoms. The Kier molecular flexibility index (Phi) is 6.77. The van der Waals surface area contributed by atoms with Crippen molar-refractivity contribution in [2.45, 2.75) is 19.8 Å². The number of anilines is 1. The topological polar surface area (TPSA) is 72.3 Å². The molecule has 1 amide bonds. The first-order chi connectivity index (χ1) is 15.4. The summed E-state index contributed by atoms with van der Waals surface area (Å²) >= 11 is 6.38. The second-order valence-corrected chi connectivity index (χ2v) is 8.80. The van der Waals surface area contributed by atoms with E-state index in [0.717, 1.165) is 30.2 Å². The minimum absolute atomic E-state index is 0.248. The molecule has 1 fully saturated rings. The first kappa shape index (κ1) is 22.3. The number of ether oxygens (including phenoxy) is 1. The van der Waals surface area contributed by atoms with Crippen molar-refractivity contribution in [3.8, 4) is 17.3 Å². The Morgan fingerprint density at radius 1 is 1.22 bits per heavy atom. The fourth-order valence-corrected chi connectivity index (χ4v) is 4.14. The Hall–Kier alpha value is -2.90. The zero-order valence-electron chi connectivity index (χ0n) is 18.6. The van der Waals surface area contributed by atoms with Crippen LogP contribution < -0.4 is 10.1 Å². The Bertz CT molecular complexity index is 1100. The van der Waals surface area contributed by atoms with Crippen LogP contribution in [0.5, 0.6) is 5.88 Å². The van der Waals surface area contributed by atoms with E-state index in [1.54, 1.807) is 30.5 Å². The third-order valence-electron chi connectivity index (χ3n) is 5.87. The van der Waals surface area contributed by atoms with Crippen molar-refractivity contribution in [3.05, 3.63) is 59.0 Å². The van der Waals surface area contributed by atoms with Crippen LogP contribution in [0, 0.1) is 12.8 Å². The number of pyridine rings is 1. The van der Waals surface area contributed by atoms with Crippen molar-refractivity contribution in [1.29, 1.82) is 0 Å². The predicted octanol–water partition coefficient (Wildman–Crippen LogP) is 4.42. The molecule has 1 atom stereocenters. The molecular weight excluding hydrogens is 426 g/mol. The summed E-state index contributed by atoms with van der Waals surface area (Å²) in [5.41, 5.74) is 2.88. The maximum Gasteiger partial charge on any atom is 0.257 e. The van der Waals surface area contributed by atoms with Gasteiger partial charge in [0.15, 0.2) is 0 Å². The van der Waals surface area contributed by atoms with E-state index in [-0.39, 0.29) is 5.91 Å². The SMILES string of the molecule is Cc1cnc(-c2cc(NC(=O)c3ccc(OC[C@@H]4CCCN(C)C4)nc3)ccc2Cl)n1C. The summed E-state index contributed by atoms with van der Waals surface area (Å²) in [6, 6.07) is 8.82. The number of likely N-dealkylation sites (tertiary alicyclic amines) is 1. The second kappa shape index (κ2) is 9.71. The van der Waals surface area contributed by atoms with Crippen LogP contribution >= 0.6 is 11.6 Å². The Morgan fingerprint density at radius 3 is 2.75 bits per heavy atom. The molecule has 3 heterocycles. The minimum atomic E-state index is -0.248. The van der Waals surface area contributed by atoms with Crippen LogP contribution in [0.2, 0.25) is 5.02 Å². The summed E-state index contributed by atoms with van der Waals surface area (Å²) in [7, 11) is 4.07. The molecule has 1 N–H and O–H groups in total. The number of hydrogen-bond donors (Lipinski definition) is 1. The van der Waals surface area contributed by atoms with Crippen molar-refractivity contribution >= 4 is 23.2 Å². The molecule has 8 heteroatoms. The van der Waals surface area contributed by atoms with Crippen molar-refractivity contribution < 1.29 is 9.53 Å². The number of aromatic nitrogens is 3. The molecule has 7 nitrogen and oxygen atoms in total. The Morgan fingerprint density at radius 2 is 2.06 bits per heavy atom. The number of imidazole rings is 1. The van der Waals surface area contributed by atoms with Gasteiger partial charge in [0.25, 0.3) is 5.91 Å². The molecule has 0 saturated carbocycles. The van der Waals surface area contributed by atoms with E-state index in [1.807, 2.05) is 24.6 Å². The molecule has 0 aliphatic carbocycles. The maximum absolute atomic E-state index is 12.7. The number of nitrogens with zero attached hydrogens (tertiary/aromatic N) is 4. The fourth-order valence-electron chi connectivity index (χ4n) is 3.94. The lowest BCUT2D eigenvalue weighted by atomic mass is 10.00. The van der Waals surface area contributed by atoms with Gasteiger partial charge in [-0.3, -0.25) is 4.79 Å². The second-order valence-electron chi connectivity index (χ2n) is 8.40. The molecule has 1 aromatic carbocycles. The normalized spacial score (nSPS) is 16.7. The molecule has 2 aromatic heterocycles. The number of hydrogen-bond acceptors (Lipinski definition) is 5. The van der Waals surface area contributed by atoms with Crippen molar-refractivity contribution in [2.75, 3.05) is 32.1 Å². The minimum Gasteiger partial charge on any atom is -0.477 e. The van der Waals surface area contributed by atoms with Crippen molar-refractivity contribution in [1.82, 2.24) is 19.4 Å². The smallest absolute Gasteiger partial charge is 0.257 e. The van der Waals surface area contributed by atoms with Gasteiger partial charge in [0.05, 0.1) is 17.2 Å². The van der Waals surface area contributed by atoms with Gasteiger partial charge in [-0.05, 0) is 57.6 Å². The van der Waals surface area contributed by atoms with Crippen LogP contribution in [0.25, 0.3) is 11.4 Å². The van der Waals surface area contributed by atoms with Gasteiger partial charge in [-0.1, -0.05) is 11.6 Å². The van der Waals surface area contributed by atoms with E-state index in [0.29, 0.717) is 34.7 Å². The Balaban J connectivity index is 1.39. The summed E-state index contributed by atoms with van der Waals surface area (Å²) in [5, 5.41) is 3.48. The average Bonchev–Trinajstić information content (AvgIpc) is 3.12. The number of rotatable bonds is 6. The fraction of sp³-hybridized carbons (Fsp3) is 0.375. The zero-order chi connectivity index (χ0) is 22.7. The molecule has 1 saturated heterocycles. The standard InChI is InChI=1S/C24H28ClN5O2/c1-16-12-27-23(30(16)3)20-11-19(7-8-21(20)25)28-24(31)18-6-9-22(26-13-18)32-15-17-5-4-10-29(2)14-17/h6-9,11-13,17H,4-5,10,14-15H2,1-3H3,(H,28,31)/t17-/m1/s1. The molecule has 0 spiro atoms. The highest BCUT2D eigenvalue weighted by Crippen LogP contribution is 2.30. The number of nitrogens with one attached hydrogen (secondary N) is 1. The summed E-state index contributed by atoms with van der Waals surface area (Å²) in [6.07, 6.45) is 5.70. The molecule has 4 rings (SSSR count). The van der Waals surface area contributed by atoms with Gasteiger partial charge in [-0.2, -0.15) is 0 Å². The van der Waals surface area contributed by atoms with Gasteiger partial charge in [-0.25, -0.2) is 9.97 Å². The lowest BCUT2D eigenvalue weighted by Gasteiger charge is -2.29. The van der Waals surface area contributed by atoms with Gasteiger partial charge in [0.2, 0.25) is 5.88 Å². The maximum atomic E-state index is 12.7. The van der Waals surface area contributed by atoms with E-state index in [2.05, 4.69) is 27.2 Å². The number of benzene rings is 1. The van der Waals surface area contributed by atoms with E-state index in [9.17, 15) is 4.79 Å². The van der Waals surface area contributed by atoms with Crippen molar-refractivity contribution in [3.63, 3.8) is 0 Å². The third-order valence-corrected chi connectivity index (χ3v) is 6.20. The predicted molar refractivity (Wildman–Crippen MR) is 126 cm³/mol. The highest BCUT2D eigenvalue weighted by Gasteiger charge is 2.18. The molecule has 168 valence electrons. The first-order valence-corrected chi connectivity index (χ1v) is 11.2. The van der Waals surface area contributed by atoms with Crippen LogP contribution in [0.1, 0.15) is 28.9 Å². The summed E-state index contributed by atoms with van der Waals surface area (Å²) in [5.74, 6) is 1.55.